The highest BCUT2D eigenvalue weighted by Gasteiger charge is 2.09. The van der Waals surface area contributed by atoms with Gasteiger partial charge in [0.25, 0.3) is 0 Å². The predicted molar refractivity (Wildman–Crippen MR) is 88.3 cm³/mol. The summed E-state index contributed by atoms with van der Waals surface area (Å²) in [6.07, 6.45) is 0.884. The van der Waals surface area contributed by atoms with E-state index < -0.39 is 0 Å². The van der Waals surface area contributed by atoms with Crippen LogP contribution in [0.2, 0.25) is 0 Å². The molecule has 102 valence electrons. The number of pyridine rings is 1. The highest BCUT2D eigenvalue weighted by atomic mass is 79.9. The molecule has 0 amide bonds. The lowest BCUT2D eigenvalue weighted by atomic mass is 10.0. The van der Waals surface area contributed by atoms with E-state index in [1.165, 1.54) is 0 Å². The lowest BCUT2D eigenvalue weighted by Gasteiger charge is -2.10. The van der Waals surface area contributed by atoms with E-state index >= 15 is 0 Å². The van der Waals surface area contributed by atoms with E-state index in [-0.39, 0.29) is 5.43 Å². The molecule has 0 radical (unpaired) electrons. The van der Waals surface area contributed by atoms with Gasteiger partial charge in [-0.3, -0.25) is 4.79 Å². The van der Waals surface area contributed by atoms with Crippen LogP contribution in [0.1, 0.15) is 19.5 Å². The maximum atomic E-state index is 12.3. The van der Waals surface area contributed by atoms with Crippen LogP contribution in [0.3, 0.4) is 0 Å². The van der Waals surface area contributed by atoms with Gasteiger partial charge in [-0.25, -0.2) is 0 Å². The van der Waals surface area contributed by atoms with Gasteiger partial charge in [0, 0.05) is 27.0 Å². The molecule has 0 bridgehead atoms. The largest absolute Gasteiger partial charge is 0.358 e. The second kappa shape index (κ2) is 5.06. The number of aromatic amines is 1. The van der Waals surface area contributed by atoms with Crippen molar-refractivity contribution in [1.29, 1.82) is 0 Å². The molecule has 0 atom stereocenters. The number of rotatable bonds is 2. The van der Waals surface area contributed by atoms with E-state index in [9.17, 15) is 4.79 Å². The van der Waals surface area contributed by atoms with Crippen molar-refractivity contribution in [3.05, 3.63) is 56.8 Å². The molecule has 0 aliphatic rings. The van der Waals surface area contributed by atoms with Crippen LogP contribution < -0.4 is 5.43 Å². The van der Waals surface area contributed by atoms with Crippen molar-refractivity contribution in [2.24, 2.45) is 5.92 Å². The molecule has 0 saturated carbocycles. The number of fused-ring (bicyclic) bond motifs is 3. The maximum absolute atomic E-state index is 12.3. The monoisotopic (exact) mass is 329 g/mol. The van der Waals surface area contributed by atoms with E-state index in [0.717, 1.165) is 38.3 Å². The normalized spacial score (nSPS) is 11.6. The smallest absolute Gasteiger partial charge is 0.189 e. The highest BCUT2D eigenvalue weighted by Crippen LogP contribution is 2.29. The third-order valence-corrected chi connectivity index (χ3v) is 4.13. The number of benzene rings is 2. The minimum atomic E-state index is 0.0841. The van der Waals surface area contributed by atoms with Crippen LogP contribution in [0.25, 0.3) is 21.7 Å². The molecule has 0 aliphatic heterocycles. The Morgan fingerprint density at radius 3 is 2.50 bits per heavy atom. The Kier molecular flexibility index (Phi) is 3.38. The number of nitrogens with one attached hydrogen (secondary N) is 1. The van der Waals surface area contributed by atoms with Crippen LogP contribution in [-0.4, -0.2) is 4.98 Å². The van der Waals surface area contributed by atoms with Crippen LogP contribution in [-0.2, 0) is 6.42 Å². The summed E-state index contributed by atoms with van der Waals surface area (Å²) in [4.78, 5) is 15.8. The number of halogens is 1. The van der Waals surface area contributed by atoms with E-state index in [0.29, 0.717) is 5.92 Å². The SMILES string of the molecule is CC(C)Cc1cc(=O)c2cc(Br)c3ccccc3c2[nH]1. The highest BCUT2D eigenvalue weighted by molar-refractivity contribution is 9.10. The third kappa shape index (κ3) is 2.27. The van der Waals surface area contributed by atoms with Crippen LogP contribution >= 0.6 is 15.9 Å². The first kappa shape index (κ1) is 13.4. The first-order valence-corrected chi connectivity index (χ1v) is 7.58. The average molecular weight is 330 g/mol. The van der Waals surface area contributed by atoms with Gasteiger partial charge in [-0.1, -0.05) is 54.0 Å². The molecule has 20 heavy (non-hydrogen) atoms. The Morgan fingerprint density at radius 2 is 1.80 bits per heavy atom. The number of hydrogen-bond acceptors (Lipinski definition) is 1. The zero-order chi connectivity index (χ0) is 14.3. The molecular weight excluding hydrogens is 314 g/mol. The zero-order valence-corrected chi connectivity index (χ0v) is 13.1. The van der Waals surface area contributed by atoms with Gasteiger partial charge >= 0.3 is 0 Å². The lowest BCUT2D eigenvalue weighted by Crippen LogP contribution is -2.07. The summed E-state index contributed by atoms with van der Waals surface area (Å²) in [5.74, 6) is 0.518. The van der Waals surface area contributed by atoms with Gasteiger partial charge in [0.05, 0.1) is 5.52 Å². The van der Waals surface area contributed by atoms with Crippen molar-refractivity contribution < 1.29 is 0 Å². The summed E-state index contributed by atoms with van der Waals surface area (Å²) in [6.45, 7) is 4.31. The topological polar surface area (TPSA) is 32.9 Å². The fourth-order valence-electron chi connectivity index (χ4n) is 2.64. The summed E-state index contributed by atoms with van der Waals surface area (Å²) in [6, 6.07) is 11.8. The van der Waals surface area contributed by atoms with Crippen molar-refractivity contribution in [2.75, 3.05) is 0 Å². The van der Waals surface area contributed by atoms with Crippen molar-refractivity contribution in [3.63, 3.8) is 0 Å². The third-order valence-electron chi connectivity index (χ3n) is 3.48. The van der Waals surface area contributed by atoms with Crippen LogP contribution in [0, 0.1) is 5.92 Å². The number of H-pyrrole nitrogens is 1. The zero-order valence-electron chi connectivity index (χ0n) is 11.5. The summed E-state index contributed by atoms with van der Waals surface area (Å²) in [5.41, 5.74) is 2.03. The molecule has 0 saturated heterocycles. The first-order chi connectivity index (χ1) is 9.56. The summed E-state index contributed by atoms with van der Waals surface area (Å²) in [5, 5.41) is 2.94. The van der Waals surface area contributed by atoms with Gasteiger partial charge < -0.3 is 4.98 Å². The van der Waals surface area contributed by atoms with E-state index in [1.807, 2.05) is 18.2 Å². The standard InChI is InChI=1S/C17H16BrNO/c1-10(2)7-11-8-16(20)14-9-15(18)12-5-3-4-6-13(12)17(14)19-11/h3-6,8-10H,7H2,1-2H3,(H,19,20). The lowest BCUT2D eigenvalue weighted by molar-refractivity contribution is 0.637. The molecule has 2 aromatic carbocycles. The number of hydrogen-bond donors (Lipinski definition) is 1. The Morgan fingerprint density at radius 1 is 1.10 bits per heavy atom. The van der Waals surface area contributed by atoms with Crippen molar-refractivity contribution in [3.8, 4) is 0 Å². The van der Waals surface area contributed by atoms with E-state index in [1.54, 1.807) is 6.07 Å². The van der Waals surface area contributed by atoms with Crippen LogP contribution in [0.5, 0.6) is 0 Å². The number of aromatic nitrogens is 1. The summed E-state index contributed by atoms with van der Waals surface area (Å²) < 4.78 is 0.961. The minimum Gasteiger partial charge on any atom is -0.358 e. The molecule has 1 N–H and O–H groups in total. The molecule has 1 aromatic heterocycles. The van der Waals surface area contributed by atoms with E-state index in [2.05, 4.69) is 46.9 Å². The second-order valence-corrected chi connectivity index (χ2v) is 6.44. The minimum absolute atomic E-state index is 0.0841. The molecule has 3 heteroatoms. The molecular formula is C17H16BrNO. The Hall–Kier alpha value is -1.61. The van der Waals surface area contributed by atoms with E-state index in [4.69, 9.17) is 0 Å². The summed E-state index contributed by atoms with van der Waals surface area (Å²) >= 11 is 3.56. The van der Waals surface area contributed by atoms with Crippen molar-refractivity contribution in [2.45, 2.75) is 20.3 Å². The van der Waals surface area contributed by atoms with Gasteiger partial charge in [-0.15, -0.1) is 0 Å². The first-order valence-electron chi connectivity index (χ1n) is 6.79. The fraction of sp³-hybridized carbons (Fsp3) is 0.235. The Bertz CT molecular complexity index is 849. The van der Waals surface area contributed by atoms with Crippen molar-refractivity contribution >= 4 is 37.6 Å². The fourth-order valence-corrected chi connectivity index (χ4v) is 3.22. The van der Waals surface area contributed by atoms with Crippen LogP contribution in [0.15, 0.2) is 45.7 Å². The van der Waals surface area contributed by atoms with Gasteiger partial charge in [0.1, 0.15) is 0 Å². The van der Waals surface area contributed by atoms with Crippen LogP contribution in [0.4, 0.5) is 0 Å². The quantitative estimate of drug-likeness (QED) is 0.682. The molecule has 3 aromatic rings. The summed E-state index contributed by atoms with van der Waals surface area (Å²) in [7, 11) is 0. The predicted octanol–water partition coefficient (Wildman–Crippen LogP) is 4.64. The van der Waals surface area contributed by atoms with Gasteiger partial charge in [-0.05, 0) is 23.8 Å². The maximum Gasteiger partial charge on any atom is 0.189 e. The van der Waals surface area contributed by atoms with Crippen molar-refractivity contribution in [1.82, 2.24) is 4.98 Å². The molecule has 3 rings (SSSR count). The average Bonchev–Trinajstić information content (AvgIpc) is 2.40. The Labute approximate surface area is 126 Å². The molecule has 0 spiro atoms. The molecule has 2 nitrogen and oxygen atoms in total. The molecule has 0 aliphatic carbocycles. The Balaban J connectivity index is 2.41. The second-order valence-electron chi connectivity index (χ2n) is 5.58. The van der Waals surface area contributed by atoms with Gasteiger partial charge in [-0.2, -0.15) is 0 Å². The molecule has 0 unspecified atom stereocenters. The molecule has 1 heterocycles. The van der Waals surface area contributed by atoms with Gasteiger partial charge in [0.15, 0.2) is 5.43 Å². The molecule has 0 fully saturated rings. The van der Waals surface area contributed by atoms with Gasteiger partial charge in [0.2, 0.25) is 0 Å².